The summed E-state index contributed by atoms with van der Waals surface area (Å²) in [5.74, 6) is 0. The van der Waals surface area contributed by atoms with Gasteiger partial charge in [-0.2, -0.15) is 0 Å². The van der Waals surface area contributed by atoms with Gasteiger partial charge in [0.05, 0.1) is 0 Å². The summed E-state index contributed by atoms with van der Waals surface area (Å²) >= 11 is 0. The van der Waals surface area contributed by atoms with Gasteiger partial charge in [-0.05, 0) is 78.4 Å². The van der Waals surface area contributed by atoms with Crippen LogP contribution in [0.4, 0.5) is 0 Å². The molecule has 1 aliphatic rings. The van der Waals surface area contributed by atoms with E-state index < -0.39 is 0 Å². The molecule has 0 aromatic rings. The number of rotatable bonds is 5. The first-order valence-corrected chi connectivity index (χ1v) is 7.69. The normalized spacial score (nSPS) is 23.0. The van der Waals surface area contributed by atoms with Gasteiger partial charge < -0.3 is 10.2 Å². The molecule has 0 aromatic heterocycles. The summed E-state index contributed by atoms with van der Waals surface area (Å²) in [4.78, 5) is 2.68. The summed E-state index contributed by atoms with van der Waals surface area (Å²) < 4.78 is 0. The fourth-order valence-corrected chi connectivity index (χ4v) is 2.61. The SMILES string of the molecule is CC(CCCNC(C)(C)C)N1CCC(C)(C)CC1. The number of likely N-dealkylation sites (tertiary alicyclic amines) is 1. The van der Waals surface area contributed by atoms with Crippen LogP contribution in [0.5, 0.6) is 0 Å². The van der Waals surface area contributed by atoms with Crippen molar-refractivity contribution in [1.29, 1.82) is 0 Å². The molecule has 108 valence electrons. The molecule has 0 saturated carbocycles. The Labute approximate surface area is 115 Å². The number of hydrogen-bond acceptors (Lipinski definition) is 2. The summed E-state index contributed by atoms with van der Waals surface area (Å²) in [6.45, 7) is 17.7. The van der Waals surface area contributed by atoms with Crippen molar-refractivity contribution < 1.29 is 0 Å². The standard InChI is InChI=1S/C16H34N2/c1-14(8-7-11-17-15(2,3)4)18-12-9-16(5,6)10-13-18/h14,17H,7-13H2,1-6H3. The molecule has 1 saturated heterocycles. The van der Waals surface area contributed by atoms with Crippen LogP contribution in [0.1, 0.15) is 67.2 Å². The second-order valence-electron chi connectivity index (χ2n) is 7.87. The van der Waals surface area contributed by atoms with E-state index in [1.165, 1.54) is 38.8 Å². The number of hydrogen-bond donors (Lipinski definition) is 1. The highest BCUT2D eigenvalue weighted by Gasteiger charge is 2.27. The van der Waals surface area contributed by atoms with E-state index in [4.69, 9.17) is 0 Å². The zero-order valence-corrected chi connectivity index (χ0v) is 13.5. The zero-order chi connectivity index (χ0) is 13.8. The first-order valence-electron chi connectivity index (χ1n) is 7.69. The molecule has 1 N–H and O–H groups in total. The molecule has 0 spiro atoms. The highest BCUT2D eigenvalue weighted by atomic mass is 15.2. The molecule has 1 rings (SSSR count). The molecule has 18 heavy (non-hydrogen) atoms. The van der Waals surface area contributed by atoms with Crippen molar-refractivity contribution in [3.63, 3.8) is 0 Å². The maximum Gasteiger partial charge on any atom is 0.00965 e. The van der Waals surface area contributed by atoms with Crippen LogP contribution in [-0.2, 0) is 0 Å². The minimum Gasteiger partial charge on any atom is -0.312 e. The molecular weight excluding hydrogens is 220 g/mol. The Bertz CT molecular complexity index is 230. The van der Waals surface area contributed by atoms with Crippen LogP contribution < -0.4 is 5.32 Å². The van der Waals surface area contributed by atoms with E-state index >= 15 is 0 Å². The smallest absolute Gasteiger partial charge is 0.00965 e. The molecule has 0 aromatic carbocycles. The van der Waals surface area contributed by atoms with Gasteiger partial charge in [-0.3, -0.25) is 0 Å². The first-order chi connectivity index (χ1) is 8.20. The van der Waals surface area contributed by atoms with Gasteiger partial charge in [0.15, 0.2) is 0 Å². The Morgan fingerprint density at radius 3 is 2.22 bits per heavy atom. The fraction of sp³-hybridized carbons (Fsp3) is 1.00. The molecule has 0 bridgehead atoms. The van der Waals surface area contributed by atoms with Gasteiger partial charge in [0.25, 0.3) is 0 Å². The Hall–Kier alpha value is -0.0800. The lowest BCUT2D eigenvalue weighted by atomic mass is 9.82. The summed E-state index contributed by atoms with van der Waals surface area (Å²) in [6, 6.07) is 0.753. The third-order valence-electron chi connectivity index (χ3n) is 4.23. The van der Waals surface area contributed by atoms with E-state index in [0.29, 0.717) is 5.41 Å². The van der Waals surface area contributed by atoms with Crippen molar-refractivity contribution in [2.45, 2.75) is 78.8 Å². The number of nitrogens with zero attached hydrogens (tertiary/aromatic N) is 1. The van der Waals surface area contributed by atoms with Crippen LogP contribution in [0.25, 0.3) is 0 Å². The van der Waals surface area contributed by atoms with Gasteiger partial charge in [0.2, 0.25) is 0 Å². The van der Waals surface area contributed by atoms with E-state index in [-0.39, 0.29) is 5.54 Å². The monoisotopic (exact) mass is 254 g/mol. The van der Waals surface area contributed by atoms with Crippen molar-refractivity contribution >= 4 is 0 Å². The predicted molar refractivity (Wildman–Crippen MR) is 81.0 cm³/mol. The van der Waals surface area contributed by atoms with Crippen molar-refractivity contribution in [1.82, 2.24) is 10.2 Å². The maximum atomic E-state index is 3.57. The Morgan fingerprint density at radius 2 is 1.72 bits per heavy atom. The van der Waals surface area contributed by atoms with Gasteiger partial charge in [0, 0.05) is 11.6 Å². The van der Waals surface area contributed by atoms with Crippen LogP contribution in [0.15, 0.2) is 0 Å². The molecule has 2 nitrogen and oxygen atoms in total. The Kier molecular flexibility index (Phi) is 5.67. The quantitative estimate of drug-likeness (QED) is 0.753. The van der Waals surface area contributed by atoms with E-state index in [0.717, 1.165) is 12.6 Å². The minimum atomic E-state index is 0.262. The lowest BCUT2D eigenvalue weighted by Gasteiger charge is -2.40. The van der Waals surface area contributed by atoms with Crippen molar-refractivity contribution in [2.75, 3.05) is 19.6 Å². The molecular formula is C16H34N2. The molecule has 1 fully saturated rings. The molecule has 2 heteroatoms. The summed E-state index contributed by atoms with van der Waals surface area (Å²) in [5.41, 5.74) is 0.836. The lowest BCUT2D eigenvalue weighted by molar-refractivity contribution is 0.0957. The van der Waals surface area contributed by atoms with Crippen LogP contribution in [0.3, 0.4) is 0 Å². The van der Waals surface area contributed by atoms with Crippen molar-refractivity contribution in [3.8, 4) is 0 Å². The van der Waals surface area contributed by atoms with E-state index in [2.05, 4.69) is 51.8 Å². The molecule has 0 aliphatic carbocycles. The summed E-state index contributed by atoms with van der Waals surface area (Å²) in [5, 5.41) is 3.57. The molecule has 1 unspecified atom stereocenters. The van der Waals surface area contributed by atoms with Crippen LogP contribution in [0, 0.1) is 5.41 Å². The van der Waals surface area contributed by atoms with Crippen LogP contribution in [-0.4, -0.2) is 36.1 Å². The van der Waals surface area contributed by atoms with Crippen LogP contribution >= 0.6 is 0 Å². The molecule has 0 radical (unpaired) electrons. The molecule has 1 aliphatic heterocycles. The molecule has 0 amide bonds. The van der Waals surface area contributed by atoms with E-state index in [1.54, 1.807) is 0 Å². The van der Waals surface area contributed by atoms with Gasteiger partial charge in [-0.15, -0.1) is 0 Å². The van der Waals surface area contributed by atoms with E-state index in [9.17, 15) is 0 Å². The minimum absolute atomic E-state index is 0.262. The van der Waals surface area contributed by atoms with Crippen LogP contribution in [0.2, 0.25) is 0 Å². The van der Waals surface area contributed by atoms with Gasteiger partial charge in [-0.25, -0.2) is 0 Å². The largest absolute Gasteiger partial charge is 0.312 e. The third-order valence-corrected chi connectivity index (χ3v) is 4.23. The van der Waals surface area contributed by atoms with Crippen molar-refractivity contribution in [3.05, 3.63) is 0 Å². The summed E-state index contributed by atoms with van der Waals surface area (Å²) in [6.07, 6.45) is 5.33. The third kappa shape index (κ3) is 6.19. The first kappa shape index (κ1) is 16.0. The summed E-state index contributed by atoms with van der Waals surface area (Å²) in [7, 11) is 0. The number of nitrogens with one attached hydrogen (secondary N) is 1. The maximum absolute atomic E-state index is 3.57. The van der Waals surface area contributed by atoms with Gasteiger partial charge in [-0.1, -0.05) is 13.8 Å². The second kappa shape index (κ2) is 6.38. The fourth-order valence-electron chi connectivity index (χ4n) is 2.61. The van der Waals surface area contributed by atoms with Gasteiger partial charge >= 0.3 is 0 Å². The average molecular weight is 254 g/mol. The number of piperidine rings is 1. The Balaban J connectivity index is 2.16. The zero-order valence-electron chi connectivity index (χ0n) is 13.5. The topological polar surface area (TPSA) is 15.3 Å². The highest BCUT2D eigenvalue weighted by Crippen LogP contribution is 2.30. The lowest BCUT2D eigenvalue weighted by Crippen LogP contribution is -2.43. The van der Waals surface area contributed by atoms with Gasteiger partial charge in [0.1, 0.15) is 0 Å². The predicted octanol–water partition coefficient (Wildman–Crippen LogP) is 3.67. The molecule has 1 heterocycles. The second-order valence-corrected chi connectivity index (χ2v) is 7.87. The average Bonchev–Trinajstić information content (AvgIpc) is 2.22. The van der Waals surface area contributed by atoms with Crippen molar-refractivity contribution in [2.24, 2.45) is 5.41 Å². The molecule has 1 atom stereocenters. The van der Waals surface area contributed by atoms with E-state index in [1.807, 2.05) is 0 Å². The highest BCUT2D eigenvalue weighted by molar-refractivity contribution is 4.81. The Morgan fingerprint density at radius 1 is 1.17 bits per heavy atom.